The van der Waals surface area contributed by atoms with E-state index >= 15 is 0 Å². The van der Waals surface area contributed by atoms with Gasteiger partial charge in [-0.3, -0.25) is 4.79 Å². The molecule has 4 nitrogen and oxygen atoms in total. The molecule has 1 aliphatic heterocycles. The van der Waals surface area contributed by atoms with Crippen LogP contribution in [0.5, 0.6) is 0 Å². The van der Waals surface area contributed by atoms with Crippen LogP contribution >= 0.6 is 0 Å². The van der Waals surface area contributed by atoms with Gasteiger partial charge in [-0.15, -0.1) is 0 Å². The molecular weight excluding hydrogens is 158 g/mol. The monoisotopic (exact) mass is 171 g/mol. The van der Waals surface area contributed by atoms with Crippen LogP contribution in [-0.2, 0) is 14.3 Å². The molecule has 1 heterocycles. The second-order valence-electron chi connectivity index (χ2n) is 3.50. The van der Waals surface area contributed by atoms with Gasteiger partial charge < -0.3 is 15.2 Å². The fourth-order valence-electron chi connectivity index (χ4n) is 1.78. The molecule has 2 aliphatic rings. The third-order valence-electron chi connectivity index (χ3n) is 2.50. The van der Waals surface area contributed by atoms with E-state index in [-0.39, 0.29) is 18.2 Å². The predicted molar refractivity (Wildman–Crippen MR) is 41.4 cm³/mol. The summed E-state index contributed by atoms with van der Waals surface area (Å²) in [4.78, 5) is 11.3. The van der Waals surface area contributed by atoms with Crippen molar-refractivity contribution in [3.05, 3.63) is 0 Å². The number of hydrogen-bond donors (Lipinski definition) is 1. The number of carbonyl (C=O) groups is 1. The number of hydrogen-bond acceptors (Lipinski definition) is 4. The Hall–Kier alpha value is -0.610. The highest BCUT2D eigenvalue weighted by molar-refractivity contribution is 5.81. The molecule has 0 bridgehead atoms. The van der Waals surface area contributed by atoms with E-state index in [0.29, 0.717) is 19.4 Å². The first-order valence-corrected chi connectivity index (χ1v) is 4.27. The molecule has 4 heteroatoms. The van der Waals surface area contributed by atoms with Crippen molar-refractivity contribution in [3.8, 4) is 0 Å². The highest BCUT2D eigenvalue weighted by Crippen LogP contribution is 2.43. The third kappa shape index (κ3) is 1.11. The van der Waals surface area contributed by atoms with Crippen LogP contribution in [0.15, 0.2) is 0 Å². The first-order valence-electron chi connectivity index (χ1n) is 4.27. The molecule has 68 valence electrons. The minimum atomic E-state index is -0.760. The van der Waals surface area contributed by atoms with Gasteiger partial charge in [0.15, 0.2) is 0 Å². The summed E-state index contributed by atoms with van der Waals surface area (Å²) in [5.41, 5.74) is 5.09. The van der Waals surface area contributed by atoms with Gasteiger partial charge in [-0.05, 0) is 6.92 Å². The normalized spacial score (nSPS) is 43.8. The highest BCUT2D eigenvalue weighted by atomic mass is 16.6. The second-order valence-corrected chi connectivity index (χ2v) is 3.50. The van der Waals surface area contributed by atoms with E-state index < -0.39 is 5.54 Å². The van der Waals surface area contributed by atoms with Crippen LogP contribution in [0.3, 0.4) is 0 Å². The van der Waals surface area contributed by atoms with E-state index in [4.69, 9.17) is 15.2 Å². The van der Waals surface area contributed by atoms with Gasteiger partial charge in [-0.1, -0.05) is 0 Å². The molecule has 1 aliphatic carbocycles. The highest BCUT2D eigenvalue weighted by Gasteiger charge is 2.58. The van der Waals surface area contributed by atoms with Gasteiger partial charge in [0.25, 0.3) is 0 Å². The van der Waals surface area contributed by atoms with Gasteiger partial charge in [-0.25, -0.2) is 0 Å². The number of nitrogens with two attached hydrogens (primary N) is 1. The Kier molecular flexibility index (Phi) is 1.63. The molecule has 0 aromatic rings. The van der Waals surface area contributed by atoms with Crippen LogP contribution in [0.4, 0.5) is 0 Å². The topological polar surface area (TPSA) is 64.8 Å². The second kappa shape index (κ2) is 2.44. The number of ether oxygens (including phenoxy) is 2. The van der Waals surface area contributed by atoms with Crippen molar-refractivity contribution < 1.29 is 14.3 Å². The van der Waals surface area contributed by atoms with Crippen LogP contribution in [0, 0.1) is 0 Å². The van der Waals surface area contributed by atoms with Gasteiger partial charge >= 0.3 is 5.97 Å². The lowest BCUT2D eigenvalue weighted by molar-refractivity contribution is -0.150. The van der Waals surface area contributed by atoms with Gasteiger partial charge in [-0.2, -0.15) is 0 Å². The summed E-state index contributed by atoms with van der Waals surface area (Å²) in [5.74, 6) is -0.277. The number of carbonyl (C=O) groups excluding carboxylic acids is 1. The molecule has 2 rings (SSSR count). The smallest absolute Gasteiger partial charge is 0.326 e. The average molecular weight is 171 g/mol. The zero-order chi connectivity index (χ0) is 8.77. The Morgan fingerprint density at radius 3 is 2.75 bits per heavy atom. The van der Waals surface area contributed by atoms with Crippen LogP contribution in [0.25, 0.3) is 0 Å². The van der Waals surface area contributed by atoms with Gasteiger partial charge in [0.2, 0.25) is 0 Å². The Balaban J connectivity index is 1.97. The molecule has 2 N–H and O–H groups in total. The van der Waals surface area contributed by atoms with Crippen LogP contribution in [0.2, 0.25) is 0 Å². The maximum atomic E-state index is 11.3. The maximum absolute atomic E-state index is 11.3. The zero-order valence-electron chi connectivity index (χ0n) is 7.08. The molecule has 0 aromatic heterocycles. The van der Waals surface area contributed by atoms with Crippen molar-refractivity contribution in [3.63, 3.8) is 0 Å². The van der Waals surface area contributed by atoms with Crippen molar-refractivity contribution in [1.82, 2.24) is 0 Å². The lowest BCUT2D eigenvalue weighted by atomic mass is 9.99. The summed E-state index contributed by atoms with van der Waals surface area (Å²) in [6, 6.07) is 0. The van der Waals surface area contributed by atoms with Crippen molar-refractivity contribution >= 4 is 5.97 Å². The SMILES string of the molecule is CCOC(=O)C1(N)CC2OC2C1. The number of rotatable bonds is 2. The van der Waals surface area contributed by atoms with Crippen molar-refractivity contribution in [2.45, 2.75) is 37.5 Å². The lowest BCUT2D eigenvalue weighted by Gasteiger charge is -2.22. The number of esters is 1. The third-order valence-corrected chi connectivity index (χ3v) is 2.50. The first-order chi connectivity index (χ1) is 5.65. The van der Waals surface area contributed by atoms with E-state index in [2.05, 4.69) is 0 Å². The Bertz CT molecular complexity index is 206. The maximum Gasteiger partial charge on any atom is 0.326 e. The molecule has 0 amide bonds. The molecule has 0 radical (unpaired) electrons. The minimum Gasteiger partial charge on any atom is -0.465 e. The van der Waals surface area contributed by atoms with Crippen molar-refractivity contribution in [2.24, 2.45) is 5.73 Å². The molecule has 1 saturated heterocycles. The fraction of sp³-hybridized carbons (Fsp3) is 0.875. The van der Waals surface area contributed by atoms with E-state index in [9.17, 15) is 4.79 Å². The molecule has 2 atom stereocenters. The number of fused-ring (bicyclic) bond motifs is 1. The van der Waals surface area contributed by atoms with Crippen LogP contribution in [0.1, 0.15) is 19.8 Å². The van der Waals surface area contributed by atoms with E-state index in [1.807, 2.05) is 0 Å². The standard InChI is InChI=1S/C8H13NO3/c1-2-11-7(10)8(9)3-5-6(4-8)12-5/h5-6H,2-4,9H2,1H3. The van der Waals surface area contributed by atoms with Gasteiger partial charge in [0.05, 0.1) is 18.8 Å². The fourth-order valence-corrected chi connectivity index (χ4v) is 1.78. The summed E-state index contributed by atoms with van der Waals surface area (Å²) in [6.07, 6.45) is 1.69. The first kappa shape index (κ1) is 8.01. The molecule has 12 heavy (non-hydrogen) atoms. The largest absolute Gasteiger partial charge is 0.465 e. The molecule has 2 fully saturated rings. The van der Waals surface area contributed by atoms with Crippen molar-refractivity contribution in [1.29, 1.82) is 0 Å². The molecule has 2 unspecified atom stereocenters. The molecule has 0 aromatic carbocycles. The number of epoxide rings is 1. The minimum absolute atomic E-state index is 0.222. The van der Waals surface area contributed by atoms with Crippen LogP contribution < -0.4 is 5.73 Å². The van der Waals surface area contributed by atoms with E-state index in [0.717, 1.165) is 0 Å². The summed E-state index contributed by atoms with van der Waals surface area (Å²) >= 11 is 0. The zero-order valence-corrected chi connectivity index (χ0v) is 7.08. The van der Waals surface area contributed by atoms with Crippen molar-refractivity contribution in [2.75, 3.05) is 6.61 Å². The summed E-state index contributed by atoms with van der Waals surface area (Å²) in [6.45, 7) is 2.18. The molecule has 1 saturated carbocycles. The van der Waals surface area contributed by atoms with Gasteiger partial charge in [0, 0.05) is 12.8 Å². The summed E-state index contributed by atoms with van der Waals surface area (Å²) in [5, 5.41) is 0. The van der Waals surface area contributed by atoms with E-state index in [1.54, 1.807) is 6.92 Å². The Morgan fingerprint density at radius 1 is 1.67 bits per heavy atom. The summed E-state index contributed by atoms with van der Waals surface area (Å²) < 4.78 is 10.1. The van der Waals surface area contributed by atoms with Crippen LogP contribution in [-0.4, -0.2) is 30.3 Å². The Morgan fingerprint density at radius 2 is 2.25 bits per heavy atom. The Labute approximate surface area is 71.0 Å². The predicted octanol–water partition coefficient (Wildman–Crippen LogP) is -0.192. The summed E-state index contributed by atoms with van der Waals surface area (Å²) in [7, 11) is 0. The van der Waals surface area contributed by atoms with Gasteiger partial charge in [0.1, 0.15) is 5.54 Å². The quantitative estimate of drug-likeness (QED) is 0.462. The average Bonchev–Trinajstić information content (AvgIpc) is 2.61. The lowest BCUT2D eigenvalue weighted by Crippen LogP contribution is -2.48. The van der Waals surface area contributed by atoms with E-state index in [1.165, 1.54) is 0 Å². The molecular formula is C8H13NO3. The molecule has 0 spiro atoms.